The lowest BCUT2D eigenvalue weighted by Crippen LogP contribution is -2.18. The Hall–Kier alpha value is -4.69. The number of nitrogens with zero attached hydrogens (tertiary/aromatic N) is 4. The zero-order valence-electron chi connectivity index (χ0n) is 20.9. The standard InChI is InChI=1S/C29H25ClN6O2/c1-19-25(20(2)36(35-19)23-9-4-3-5-10-23)17-31-34-29(37)28-16-27(32-33-28)21-12-14-24(15-13-21)38-18-22-8-6-7-11-26(22)30/h3-17H,18H2,1-2H3,(H,32,33)(H,34,37)/b31-17-. The van der Waals surface area contributed by atoms with Crippen molar-refractivity contribution in [2.24, 2.45) is 5.10 Å². The normalized spacial score (nSPS) is 11.1. The van der Waals surface area contributed by atoms with E-state index in [1.165, 1.54) is 0 Å². The van der Waals surface area contributed by atoms with Gasteiger partial charge in [0.25, 0.3) is 5.91 Å². The summed E-state index contributed by atoms with van der Waals surface area (Å²) in [4.78, 5) is 12.6. The van der Waals surface area contributed by atoms with Crippen LogP contribution in [0.4, 0.5) is 0 Å². The van der Waals surface area contributed by atoms with Gasteiger partial charge in [0.05, 0.1) is 29.0 Å². The van der Waals surface area contributed by atoms with Crippen molar-refractivity contribution in [3.63, 3.8) is 0 Å². The van der Waals surface area contributed by atoms with E-state index in [0.29, 0.717) is 28.8 Å². The van der Waals surface area contributed by atoms with E-state index >= 15 is 0 Å². The van der Waals surface area contributed by atoms with Gasteiger partial charge in [-0.25, -0.2) is 10.1 Å². The van der Waals surface area contributed by atoms with Gasteiger partial charge < -0.3 is 4.74 Å². The molecule has 0 aliphatic heterocycles. The number of para-hydroxylation sites is 1. The highest BCUT2D eigenvalue weighted by molar-refractivity contribution is 6.31. The lowest BCUT2D eigenvalue weighted by atomic mass is 10.1. The molecular formula is C29H25ClN6O2. The first-order chi connectivity index (χ1) is 18.5. The summed E-state index contributed by atoms with van der Waals surface area (Å²) in [6.07, 6.45) is 1.60. The van der Waals surface area contributed by atoms with Gasteiger partial charge >= 0.3 is 0 Å². The van der Waals surface area contributed by atoms with Crippen molar-refractivity contribution < 1.29 is 9.53 Å². The fourth-order valence-electron chi connectivity index (χ4n) is 3.96. The summed E-state index contributed by atoms with van der Waals surface area (Å²) in [7, 11) is 0. The first kappa shape index (κ1) is 25.0. The van der Waals surface area contributed by atoms with E-state index in [2.05, 4.69) is 25.8 Å². The molecule has 0 aliphatic rings. The number of amides is 1. The predicted octanol–water partition coefficient (Wildman–Crippen LogP) is 5.88. The van der Waals surface area contributed by atoms with Crippen LogP contribution in [0.5, 0.6) is 5.75 Å². The van der Waals surface area contributed by atoms with Crippen molar-refractivity contribution in [3.05, 3.63) is 118 Å². The predicted molar refractivity (Wildman–Crippen MR) is 148 cm³/mol. The van der Waals surface area contributed by atoms with Gasteiger partial charge in [0, 0.05) is 21.7 Å². The van der Waals surface area contributed by atoms with Gasteiger partial charge in [0.1, 0.15) is 18.1 Å². The number of rotatable bonds is 8. The van der Waals surface area contributed by atoms with Crippen LogP contribution >= 0.6 is 11.6 Å². The lowest BCUT2D eigenvalue weighted by Gasteiger charge is -2.08. The third-order valence-corrected chi connectivity index (χ3v) is 6.40. The highest BCUT2D eigenvalue weighted by Gasteiger charge is 2.13. The number of H-pyrrole nitrogens is 1. The number of aryl methyl sites for hydroxylation is 1. The second kappa shape index (κ2) is 11.1. The molecule has 2 aromatic heterocycles. The number of hydrazone groups is 1. The number of ether oxygens (including phenoxy) is 1. The Morgan fingerprint density at radius 3 is 2.55 bits per heavy atom. The van der Waals surface area contributed by atoms with Crippen molar-refractivity contribution >= 4 is 23.7 Å². The molecular weight excluding hydrogens is 500 g/mol. The molecule has 0 saturated heterocycles. The van der Waals surface area contributed by atoms with E-state index in [1.807, 2.05) is 97.4 Å². The average Bonchev–Trinajstić information content (AvgIpc) is 3.54. The lowest BCUT2D eigenvalue weighted by molar-refractivity contribution is 0.0950. The molecule has 2 heterocycles. The number of carbonyl (C=O) groups excluding carboxylic acids is 1. The molecule has 0 bridgehead atoms. The van der Waals surface area contributed by atoms with Gasteiger partial charge in [-0.15, -0.1) is 0 Å². The third kappa shape index (κ3) is 5.50. The van der Waals surface area contributed by atoms with Gasteiger partial charge in [-0.2, -0.15) is 15.3 Å². The summed E-state index contributed by atoms with van der Waals surface area (Å²) in [6.45, 7) is 4.24. The molecule has 0 fully saturated rings. The van der Waals surface area contributed by atoms with Crippen LogP contribution in [0.3, 0.4) is 0 Å². The number of hydrogen-bond donors (Lipinski definition) is 2. The van der Waals surface area contributed by atoms with Gasteiger partial charge in [-0.1, -0.05) is 48.0 Å². The maximum Gasteiger partial charge on any atom is 0.289 e. The highest BCUT2D eigenvalue weighted by Crippen LogP contribution is 2.23. The summed E-state index contributed by atoms with van der Waals surface area (Å²) in [6, 6.07) is 26.6. The van der Waals surface area contributed by atoms with Crippen LogP contribution in [-0.2, 0) is 6.61 Å². The Bertz CT molecular complexity index is 1590. The Morgan fingerprint density at radius 2 is 1.79 bits per heavy atom. The minimum absolute atomic E-state index is 0.296. The molecule has 0 radical (unpaired) electrons. The second-order valence-corrected chi connectivity index (χ2v) is 9.01. The van der Waals surface area contributed by atoms with Gasteiger partial charge in [-0.3, -0.25) is 9.89 Å². The summed E-state index contributed by atoms with van der Waals surface area (Å²) >= 11 is 6.19. The summed E-state index contributed by atoms with van der Waals surface area (Å²) in [5.41, 5.74) is 8.78. The molecule has 190 valence electrons. The molecule has 0 atom stereocenters. The Labute approximate surface area is 224 Å². The summed E-state index contributed by atoms with van der Waals surface area (Å²) in [5.74, 6) is 0.308. The van der Waals surface area contributed by atoms with Crippen molar-refractivity contribution in [1.29, 1.82) is 0 Å². The van der Waals surface area contributed by atoms with Crippen LogP contribution in [0.25, 0.3) is 16.9 Å². The molecule has 0 spiro atoms. The van der Waals surface area contributed by atoms with Crippen molar-refractivity contribution in [2.45, 2.75) is 20.5 Å². The van der Waals surface area contributed by atoms with Crippen LogP contribution in [0.15, 0.2) is 90.0 Å². The molecule has 0 aliphatic carbocycles. The number of aromatic amines is 1. The topological polar surface area (TPSA) is 97.2 Å². The smallest absolute Gasteiger partial charge is 0.289 e. The largest absolute Gasteiger partial charge is 0.489 e. The Kier molecular flexibility index (Phi) is 7.33. The van der Waals surface area contributed by atoms with E-state index < -0.39 is 5.91 Å². The maximum absolute atomic E-state index is 12.6. The molecule has 38 heavy (non-hydrogen) atoms. The van der Waals surface area contributed by atoms with E-state index in [4.69, 9.17) is 16.3 Å². The monoisotopic (exact) mass is 524 g/mol. The molecule has 5 aromatic rings. The third-order valence-electron chi connectivity index (χ3n) is 6.03. The highest BCUT2D eigenvalue weighted by atomic mass is 35.5. The van der Waals surface area contributed by atoms with Crippen molar-refractivity contribution in [2.75, 3.05) is 0 Å². The zero-order chi connectivity index (χ0) is 26.5. The van der Waals surface area contributed by atoms with Crippen LogP contribution in [0.1, 0.15) is 33.0 Å². The van der Waals surface area contributed by atoms with E-state index in [-0.39, 0.29) is 0 Å². The molecule has 8 nitrogen and oxygen atoms in total. The Morgan fingerprint density at radius 1 is 1.05 bits per heavy atom. The molecule has 9 heteroatoms. The molecule has 3 aromatic carbocycles. The number of aromatic nitrogens is 4. The van der Waals surface area contributed by atoms with Crippen LogP contribution < -0.4 is 10.2 Å². The molecule has 1 amide bonds. The summed E-state index contributed by atoms with van der Waals surface area (Å²) in [5, 5.41) is 16.4. The van der Waals surface area contributed by atoms with Gasteiger partial charge in [0.2, 0.25) is 0 Å². The summed E-state index contributed by atoms with van der Waals surface area (Å²) < 4.78 is 7.69. The SMILES string of the molecule is Cc1nn(-c2ccccc2)c(C)c1/C=N\NC(=O)c1cc(-c2ccc(OCc3ccccc3Cl)cc2)n[nH]1. The quantitative estimate of drug-likeness (QED) is 0.196. The van der Waals surface area contributed by atoms with Crippen LogP contribution in [-0.4, -0.2) is 32.1 Å². The van der Waals surface area contributed by atoms with Gasteiger partial charge in [0.15, 0.2) is 0 Å². The number of carbonyl (C=O) groups is 1. The number of nitrogens with one attached hydrogen (secondary N) is 2. The molecule has 0 saturated carbocycles. The first-order valence-electron chi connectivity index (χ1n) is 12.0. The minimum Gasteiger partial charge on any atom is -0.489 e. The molecule has 0 unspecified atom stereocenters. The maximum atomic E-state index is 12.6. The van der Waals surface area contributed by atoms with Gasteiger partial charge in [-0.05, 0) is 62.4 Å². The number of halogens is 1. The zero-order valence-corrected chi connectivity index (χ0v) is 21.6. The number of benzene rings is 3. The first-order valence-corrected chi connectivity index (χ1v) is 12.3. The Balaban J connectivity index is 1.20. The number of hydrogen-bond acceptors (Lipinski definition) is 5. The second-order valence-electron chi connectivity index (χ2n) is 8.60. The van der Waals surface area contributed by atoms with Crippen molar-refractivity contribution in [1.82, 2.24) is 25.4 Å². The fraction of sp³-hybridized carbons (Fsp3) is 0.103. The van der Waals surface area contributed by atoms with Crippen LogP contribution in [0, 0.1) is 13.8 Å². The van der Waals surface area contributed by atoms with E-state index in [9.17, 15) is 4.79 Å². The van der Waals surface area contributed by atoms with Crippen molar-refractivity contribution in [3.8, 4) is 22.7 Å². The van der Waals surface area contributed by atoms with E-state index in [1.54, 1.807) is 12.3 Å². The van der Waals surface area contributed by atoms with E-state index in [0.717, 1.165) is 33.8 Å². The van der Waals surface area contributed by atoms with Crippen LogP contribution in [0.2, 0.25) is 5.02 Å². The molecule has 2 N–H and O–H groups in total. The average molecular weight is 525 g/mol. The molecule has 5 rings (SSSR count). The minimum atomic E-state index is -0.398. The fourth-order valence-corrected chi connectivity index (χ4v) is 4.15.